The molecule has 4 heterocycles. The minimum atomic E-state index is -0.998. The maximum Gasteiger partial charge on any atom is 0.246 e. The molecule has 88 heavy (non-hydrogen) atoms. The van der Waals surface area contributed by atoms with Crippen molar-refractivity contribution in [2.24, 2.45) is 5.41 Å². The van der Waals surface area contributed by atoms with E-state index in [1.54, 1.807) is 45.8 Å². The number of phenolic OH excluding ortho intramolecular Hbond substituents is 1. The van der Waals surface area contributed by atoms with Crippen molar-refractivity contribution in [3.8, 4) is 27.3 Å². The first kappa shape index (κ1) is 66.8. The molecule has 4 atom stereocenters. The summed E-state index contributed by atoms with van der Waals surface area (Å²) in [5.41, 5.74) is 4.44. The Bertz CT molecular complexity index is 3380. The first-order valence-electron chi connectivity index (χ1n) is 29.6. The molecule has 2 saturated heterocycles. The minimum absolute atomic E-state index is 0.00910. The molecule has 2 aromatic heterocycles. The van der Waals surface area contributed by atoms with Gasteiger partial charge in [-0.2, -0.15) is 4.98 Å². The first-order chi connectivity index (χ1) is 42.2. The van der Waals surface area contributed by atoms with Gasteiger partial charge in [-0.3, -0.25) is 24.0 Å². The fourth-order valence-electron chi connectivity index (χ4n) is 10.5. The Labute approximate surface area is 521 Å². The topological polar surface area (TPSA) is 260 Å². The number of nitrogens with zero attached hydrogens (tertiary/aromatic N) is 7. The molecule has 0 radical (unpaired) electrons. The third kappa shape index (κ3) is 17.6. The number of amides is 5. The van der Waals surface area contributed by atoms with E-state index in [2.05, 4.69) is 25.9 Å². The summed E-state index contributed by atoms with van der Waals surface area (Å²) in [6.45, 7) is 15.2. The predicted molar refractivity (Wildman–Crippen MR) is 335 cm³/mol. The Kier molecular flexibility index (Phi) is 23.8. The zero-order chi connectivity index (χ0) is 63.1. The fraction of sp³-hybridized carbons (Fsp3) is 0.492. The smallest absolute Gasteiger partial charge is 0.246 e. The SMILES string of the molecule is CC(=O)N1CCN(c2nc(NCCC(=O)N(C)CCOCCOCCOCCOCCOCC(=O)N[C@H](C(=O)N3C[C@H](O)C[C@H]3C(=O)N[C@@H](C)c3ccc(-c4scnc4C)cc3)C(C)(C)C)nc3c(F)c(-c4cc(O)cc5ccccc45)c(Cl)cc23)CC1. The fourth-order valence-corrected chi connectivity index (χ4v) is 11.6. The highest BCUT2D eigenvalue weighted by molar-refractivity contribution is 7.13. The number of carbonyl (C=O) groups is 5. The molecule has 22 nitrogen and oxygen atoms in total. The van der Waals surface area contributed by atoms with Crippen molar-refractivity contribution in [1.29, 1.82) is 0 Å². The van der Waals surface area contributed by atoms with E-state index in [9.17, 15) is 34.2 Å². The highest BCUT2D eigenvalue weighted by atomic mass is 35.5. The van der Waals surface area contributed by atoms with Crippen molar-refractivity contribution in [2.75, 3.05) is 129 Å². The van der Waals surface area contributed by atoms with Crippen LogP contribution >= 0.6 is 22.9 Å². The predicted octanol–water partition coefficient (Wildman–Crippen LogP) is 6.76. The lowest BCUT2D eigenvalue weighted by atomic mass is 9.85. The Morgan fingerprint density at radius 2 is 1.50 bits per heavy atom. The van der Waals surface area contributed by atoms with Gasteiger partial charge in [0.1, 0.15) is 35.8 Å². The highest BCUT2D eigenvalue weighted by Gasteiger charge is 2.45. The molecule has 5 amide bonds. The molecule has 0 unspecified atom stereocenters. The van der Waals surface area contributed by atoms with Gasteiger partial charge >= 0.3 is 0 Å². The number of ether oxygens (including phenoxy) is 5. The molecule has 5 N–H and O–H groups in total. The number of piperazine rings is 1. The summed E-state index contributed by atoms with van der Waals surface area (Å²) in [5, 5.41) is 32.1. The van der Waals surface area contributed by atoms with Gasteiger partial charge in [0.05, 0.1) is 92.7 Å². The van der Waals surface area contributed by atoms with E-state index in [0.717, 1.165) is 21.7 Å². The largest absolute Gasteiger partial charge is 0.508 e. The highest BCUT2D eigenvalue weighted by Crippen LogP contribution is 2.42. The van der Waals surface area contributed by atoms with Crippen molar-refractivity contribution in [1.82, 2.24) is 40.3 Å². The number of β-amino-alcohol motifs (C(OH)–C–C–N with tert-alkyl or cyclic N) is 1. The number of nitrogens with one attached hydrogen (secondary N) is 3. The number of aryl methyl sites for hydroxylation is 1. The number of fused-ring (bicyclic) bond motifs is 2. The summed E-state index contributed by atoms with van der Waals surface area (Å²) in [7, 11) is 1.68. The van der Waals surface area contributed by atoms with Crippen LogP contribution in [-0.4, -0.2) is 207 Å². The van der Waals surface area contributed by atoms with Crippen molar-refractivity contribution >= 4 is 85.9 Å². The van der Waals surface area contributed by atoms with Gasteiger partial charge in [-0.25, -0.2) is 14.4 Å². The van der Waals surface area contributed by atoms with Gasteiger partial charge in [-0.05, 0) is 64.9 Å². The van der Waals surface area contributed by atoms with Gasteiger partial charge in [0.2, 0.25) is 35.5 Å². The number of aromatic hydroxyl groups is 1. The van der Waals surface area contributed by atoms with E-state index in [-0.39, 0.29) is 105 Å². The van der Waals surface area contributed by atoms with Crippen LogP contribution in [0, 0.1) is 18.2 Å². The van der Waals surface area contributed by atoms with E-state index in [1.807, 2.05) is 88.0 Å². The van der Waals surface area contributed by atoms with Crippen LogP contribution in [0.1, 0.15) is 64.8 Å². The molecule has 2 aliphatic rings. The molecule has 0 aliphatic carbocycles. The van der Waals surface area contributed by atoms with Crippen LogP contribution in [0.25, 0.3) is 43.2 Å². The molecule has 2 aliphatic heterocycles. The van der Waals surface area contributed by atoms with Gasteiger partial charge < -0.3 is 69.4 Å². The van der Waals surface area contributed by atoms with Crippen LogP contribution < -0.4 is 20.9 Å². The van der Waals surface area contributed by atoms with E-state index in [1.165, 1.54) is 17.9 Å². The molecule has 25 heteroatoms. The van der Waals surface area contributed by atoms with Crippen LogP contribution in [0.4, 0.5) is 16.2 Å². The Balaban J connectivity index is 0.678. The van der Waals surface area contributed by atoms with Gasteiger partial charge in [0.15, 0.2) is 5.82 Å². The van der Waals surface area contributed by atoms with Gasteiger partial charge in [0.25, 0.3) is 0 Å². The second-order valence-electron chi connectivity index (χ2n) is 22.9. The lowest BCUT2D eigenvalue weighted by Crippen LogP contribution is -2.58. The number of rotatable bonds is 29. The quantitative estimate of drug-likeness (QED) is 0.0304. The number of likely N-dealkylation sites (N-methyl/N-ethyl adjacent to an activating group) is 1. The third-order valence-corrected chi connectivity index (χ3v) is 16.7. The van der Waals surface area contributed by atoms with Gasteiger partial charge in [-0.15, -0.1) is 11.3 Å². The Hall–Kier alpha value is -7.16. The molecular weight excluding hydrogens is 1180 g/mol. The molecule has 474 valence electrons. The molecule has 6 aromatic rings. The summed E-state index contributed by atoms with van der Waals surface area (Å²) in [5.74, 6) is -1.75. The summed E-state index contributed by atoms with van der Waals surface area (Å²) in [6, 6.07) is 17.6. The van der Waals surface area contributed by atoms with E-state index in [0.29, 0.717) is 93.3 Å². The maximum atomic E-state index is 17.0. The molecule has 4 aromatic carbocycles. The number of anilines is 2. The van der Waals surface area contributed by atoms with E-state index < -0.39 is 47.1 Å². The van der Waals surface area contributed by atoms with Crippen LogP contribution in [0.3, 0.4) is 0 Å². The van der Waals surface area contributed by atoms with Crippen molar-refractivity contribution in [3.63, 3.8) is 0 Å². The number of hydrogen-bond acceptors (Lipinski definition) is 18. The van der Waals surface area contributed by atoms with Crippen molar-refractivity contribution < 1.29 is 62.3 Å². The lowest BCUT2D eigenvalue weighted by molar-refractivity contribution is -0.144. The number of halogens is 2. The zero-order valence-corrected chi connectivity index (χ0v) is 52.5. The molecule has 2 fully saturated rings. The zero-order valence-electron chi connectivity index (χ0n) is 50.9. The number of aromatic nitrogens is 3. The standard InChI is InChI=1S/C63H80ClFN10O12S/c1-39(42-12-14-43(15-13-42)57-40(2)67-38-88-57)68-60(81)51-34-46(78)36-75(51)61(82)58(63(4,5)6)69-52(79)37-87-31-30-86-29-28-85-27-26-84-25-24-83-23-22-72(7)53(80)16-17-66-62-70-56-49(59(71-62)74-20-18-73(19-21-74)41(3)76)35-50(64)54(55(56)65)48-33-45(77)32-44-10-8-9-11-47(44)48/h8-15,32-33,35,38-39,46,51,58,77-78H,16-31,34,36-37H2,1-7H3,(H,68,81)(H,69,79)(H,66,70,71)/t39-,46+,51-,58+/m0/s1. The minimum Gasteiger partial charge on any atom is -0.508 e. The van der Waals surface area contributed by atoms with Gasteiger partial charge in [-0.1, -0.05) is 80.9 Å². The summed E-state index contributed by atoms with van der Waals surface area (Å²) in [6.07, 6.45) is -0.743. The number of aliphatic hydroxyl groups excluding tert-OH is 1. The normalized spacial score (nSPS) is 16.0. The van der Waals surface area contributed by atoms with Crippen LogP contribution in [0.5, 0.6) is 5.75 Å². The number of aliphatic hydroxyl groups is 1. The third-order valence-electron chi connectivity index (χ3n) is 15.4. The van der Waals surface area contributed by atoms with Crippen molar-refractivity contribution in [3.05, 3.63) is 94.3 Å². The maximum absolute atomic E-state index is 17.0. The summed E-state index contributed by atoms with van der Waals surface area (Å²) < 4.78 is 45.0. The molecular formula is C63H80ClFN10O12S. The molecule has 0 bridgehead atoms. The number of hydrogen-bond donors (Lipinski definition) is 5. The summed E-state index contributed by atoms with van der Waals surface area (Å²) in [4.78, 5) is 87.5. The van der Waals surface area contributed by atoms with E-state index >= 15 is 4.39 Å². The average Bonchev–Trinajstić information content (AvgIpc) is 2.73. The van der Waals surface area contributed by atoms with Crippen LogP contribution in [-0.2, 0) is 47.7 Å². The summed E-state index contributed by atoms with van der Waals surface area (Å²) >= 11 is 8.44. The second-order valence-corrected chi connectivity index (χ2v) is 24.2. The number of thiazole rings is 1. The monoisotopic (exact) mass is 1250 g/mol. The molecule has 8 rings (SSSR count). The van der Waals surface area contributed by atoms with E-state index in [4.69, 9.17) is 40.3 Å². The Morgan fingerprint density at radius 3 is 2.14 bits per heavy atom. The van der Waals surface area contributed by atoms with Crippen LogP contribution in [0.2, 0.25) is 5.02 Å². The molecule has 0 spiro atoms. The number of benzene rings is 4. The average molecular weight is 1260 g/mol. The second kappa shape index (κ2) is 31.3. The lowest BCUT2D eigenvalue weighted by Gasteiger charge is -2.35. The molecule has 0 saturated carbocycles. The number of likely N-dealkylation sites (tertiary alicyclic amines) is 1. The van der Waals surface area contributed by atoms with Crippen molar-refractivity contribution in [2.45, 2.75) is 78.6 Å². The first-order valence-corrected chi connectivity index (χ1v) is 30.8. The Morgan fingerprint density at radius 1 is 0.852 bits per heavy atom. The number of carbonyl (C=O) groups excluding carboxylic acids is 5. The van der Waals surface area contributed by atoms with Crippen LogP contribution in [0.15, 0.2) is 72.2 Å². The number of phenols is 1. The van der Waals surface area contributed by atoms with Gasteiger partial charge in [0, 0.05) is 83.6 Å².